The Labute approximate surface area is 101 Å². The molecule has 2 aromatic rings. The van der Waals surface area contributed by atoms with Crippen LogP contribution in [0.4, 0.5) is 0 Å². The maximum atomic E-state index is 4.37. The van der Waals surface area contributed by atoms with Crippen LogP contribution in [-0.4, -0.2) is 16.5 Å². The Morgan fingerprint density at radius 1 is 1.24 bits per heavy atom. The summed E-state index contributed by atoms with van der Waals surface area (Å²) in [4.78, 5) is 8.68. The van der Waals surface area contributed by atoms with Gasteiger partial charge in [-0.05, 0) is 43.0 Å². The van der Waals surface area contributed by atoms with Crippen molar-refractivity contribution in [2.45, 2.75) is 25.8 Å². The zero-order valence-corrected chi connectivity index (χ0v) is 10.1. The predicted octanol–water partition coefficient (Wildman–Crippen LogP) is 2.69. The number of hydrogen-bond acceptors (Lipinski definition) is 3. The lowest BCUT2D eigenvalue weighted by Gasteiger charge is -2.17. The lowest BCUT2D eigenvalue weighted by atomic mass is 10.0. The number of aromatic nitrogens is 2. The molecular formula is C14H17N3. The topological polar surface area (TPSA) is 37.8 Å². The average molecular weight is 227 g/mol. The molecule has 0 amide bonds. The van der Waals surface area contributed by atoms with Crippen LogP contribution in [0.1, 0.15) is 31.4 Å². The first kappa shape index (κ1) is 10.7. The highest BCUT2D eigenvalue weighted by molar-refractivity contribution is 5.74. The Kier molecular flexibility index (Phi) is 2.77. The zero-order valence-electron chi connectivity index (χ0n) is 10.1. The van der Waals surface area contributed by atoms with Crippen LogP contribution >= 0.6 is 0 Å². The first-order valence-corrected chi connectivity index (χ1v) is 6.32. The number of nitrogens with one attached hydrogen (secondary N) is 1. The van der Waals surface area contributed by atoms with Crippen LogP contribution in [0.25, 0.3) is 11.0 Å². The van der Waals surface area contributed by atoms with Crippen LogP contribution in [0, 0.1) is 5.92 Å². The number of rotatable bonds is 4. The van der Waals surface area contributed by atoms with E-state index < -0.39 is 0 Å². The minimum atomic E-state index is 0.492. The van der Waals surface area contributed by atoms with Gasteiger partial charge in [0.2, 0.25) is 0 Å². The second-order valence-corrected chi connectivity index (χ2v) is 4.68. The van der Waals surface area contributed by atoms with E-state index in [1.54, 1.807) is 12.4 Å². The smallest absolute Gasteiger partial charge is 0.0890 e. The van der Waals surface area contributed by atoms with E-state index >= 15 is 0 Å². The highest BCUT2D eigenvalue weighted by atomic mass is 14.9. The predicted molar refractivity (Wildman–Crippen MR) is 68.7 cm³/mol. The molecule has 3 rings (SSSR count). The first-order valence-electron chi connectivity index (χ1n) is 6.32. The number of hydrogen-bond donors (Lipinski definition) is 1. The van der Waals surface area contributed by atoms with E-state index in [-0.39, 0.29) is 0 Å². The van der Waals surface area contributed by atoms with Crippen LogP contribution in [-0.2, 0) is 0 Å². The average Bonchev–Trinajstić information content (AvgIpc) is 3.20. The Morgan fingerprint density at radius 2 is 2.00 bits per heavy atom. The number of nitrogens with zero attached hydrogens (tertiary/aromatic N) is 2. The van der Waals surface area contributed by atoms with Gasteiger partial charge in [-0.2, -0.15) is 0 Å². The van der Waals surface area contributed by atoms with Gasteiger partial charge in [0, 0.05) is 18.4 Å². The van der Waals surface area contributed by atoms with Gasteiger partial charge < -0.3 is 5.32 Å². The maximum absolute atomic E-state index is 4.37. The van der Waals surface area contributed by atoms with Crippen molar-refractivity contribution in [1.29, 1.82) is 0 Å². The summed E-state index contributed by atoms with van der Waals surface area (Å²) in [5.74, 6) is 0.809. The van der Waals surface area contributed by atoms with E-state index in [0.717, 1.165) is 23.5 Å². The third kappa shape index (κ3) is 2.15. The molecule has 0 radical (unpaired) electrons. The van der Waals surface area contributed by atoms with E-state index in [2.05, 4.69) is 40.4 Å². The molecule has 0 aliphatic heterocycles. The molecule has 1 unspecified atom stereocenters. The van der Waals surface area contributed by atoms with Crippen molar-refractivity contribution in [3.63, 3.8) is 0 Å². The van der Waals surface area contributed by atoms with Crippen molar-refractivity contribution in [3.05, 3.63) is 36.2 Å². The van der Waals surface area contributed by atoms with Crippen molar-refractivity contribution in [1.82, 2.24) is 15.3 Å². The number of fused-ring (bicyclic) bond motifs is 1. The standard InChI is InChI=1S/C14H17N3/c1-2-15-14(10-3-4-10)11-5-6-12-13(9-11)17-8-7-16-12/h5-10,14-15H,2-4H2,1H3. The Hall–Kier alpha value is -1.48. The van der Waals surface area contributed by atoms with E-state index in [0.29, 0.717) is 6.04 Å². The molecule has 1 aliphatic rings. The molecule has 1 fully saturated rings. The molecule has 17 heavy (non-hydrogen) atoms. The van der Waals surface area contributed by atoms with Gasteiger partial charge in [0.25, 0.3) is 0 Å². The van der Waals surface area contributed by atoms with Gasteiger partial charge in [-0.15, -0.1) is 0 Å². The summed E-state index contributed by atoms with van der Waals surface area (Å²) >= 11 is 0. The largest absolute Gasteiger partial charge is 0.310 e. The van der Waals surface area contributed by atoms with Crippen LogP contribution in [0.15, 0.2) is 30.6 Å². The Bertz CT molecular complexity index is 520. The van der Waals surface area contributed by atoms with Gasteiger partial charge in [0.1, 0.15) is 0 Å². The van der Waals surface area contributed by atoms with Crippen molar-refractivity contribution in [2.75, 3.05) is 6.54 Å². The van der Waals surface area contributed by atoms with E-state index in [1.807, 2.05) is 0 Å². The summed E-state index contributed by atoms with van der Waals surface area (Å²) < 4.78 is 0. The summed E-state index contributed by atoms with van der Waals surface area (Å²) in [7, 11) is 0. The van der Waals surface area contributed by atoms with Crippen molar-refractivity contribution in [3.8, 4) is 0 Å². The highest BCUT2D eigenvalue weighted by Crippen LogP contribution is 2.41. The molecule has 0 bridgehead atoms. The van der Waals surface area contributed by atoms with Gasteiger partial charge in [-0.1, -0.05) is 13.0 Å². The number of benzene rings is 1. The molecule has 1 saturated carbocycles. The van der Waals surface area contributed by atoms with Gasteiger partial charge in [-0.3, -0.25) is 9.97 Å². The minimum absolute atomic E-state index is 0.492. The third-order valence-electron chi connectivity index (χ3n) is 3.37. The molecule has 1 heterocycles. The second-order valence-electron chi connectivity index (χ2n) is 4.68. The summed E-state index contributed by atoms with van der Waals surface area (Å²) in [6.45, 7) is 3.18. The van der Waals surface area contributed by atoms with Gasteiger partial charge in [0.05, 0.1) is 11.0 Å². The first-order chi connectivity index (χ1) is 8.38. The molecule has 3 nitrogen and oxygen atoms in total. The monoisotopic (exact) mass is 227 g/mol. The van der Waals surface area contributed by atoms with Gasteiger partial charge in [0.15, 0.2) is 0 Å². The fraction of sp³-hybridized carbons (Fsp3) is 0.429. The van der Waals surface area contributed by atoms with Crippen molar-refractivity contribution in [2.24, 2.45) is 5.92 Å². The molecule has 1 N–H and O–H groups in total. The Balaban J connectivity index is 1.97. The molecule has 88 valence electrons. The lowest BCUT2D eigenvalue weighted by molar-refractivity contribution is 0.496. The fourth-order valence-corrected chi connectivity index (χ4v) is 2.38. The highest BCUT2D eigenvalue weighted by Gasteiger charge is 2.31. The van der Waals surface area contributed by atoms with Gasteiger partial charge >= 0.3 is 0 Å². The van der Waals surface area contributed by atoms with Crippen LogP contribution in [0.3, 0.4) is 0 Å². The van der Waals surface area contributed by atoms with Crippen molar-refractivity contribution >= 4 is 11.0 Å². The molecule has 0 spiro atoms. The van der Waals surface area contributed by atoms with E-state index in [9.17, 15) is 0 Å². The maximum Gasteiger partial charge on any atom is 0.0890 e. The molecule has 1 atom stereocenters. The molecule has 3 heteroatoms. The summed E-state index contributed by atoms with van der Waals surface area (Å²) in [5, 5.41) is 3.58. The SMILES string of the molecule is CCNC(c1ccc2nccnc2c1)C1CC1. The summed E-state index contributed by atoms with van der Waals surface area (Å²) in [6.07, 6.45) is 6.18. The third-order valence-corrected chi connectivity index (χ3v) is 3.37. The fourth-order valence-electron chi connectivity index (χ4n) is 2.38. The normalized spacial score (nSPS) is 17.2. The van der Waals surface area contributed by atoms with Crippen molar-refractivity contribution < 1.29 is 0 Å². The van der Waals surface area contributed by atoms with Crippen LogP contribution in [0.5, 0.6) is 0 Å². The molecule has 0 saturated heterocycles. The second kappa shape index (κ2) is 4.41. The lowest BCUT2D eigenvalue weighted by Crippen LogP contribution is -2.22. The minimum Gasteiger partial charge on any atom is -0.310 e. The molecule has 1 aromatic carbocycles. The van der Waals surface area contributed by atoms with Crippen LogP contribution in [0.2, 0.25) is 0 Å². The molecule has 1 aliphatic carbocycles. The molecular weight excluding hydrogens is 210 g/mol. The zero-order chi connectivity index (χ0) is 11.7. The summed E-state index contributed by atoms with van der Waals surface area (Å²) in [6, 6.07) is 6.92. The Morgan fingerprint density at radius 3 is 2.71 bits per heavy atom. The van der Waals surface area contributed by atoms with E-state index in [1.165, 1.54) is 18.4 Å². The van der Waals surface area contributed by atoms with Gasteiger partial charge in [-0.25, -0.2) is 0 Å². The van der Waals surface area contributed by atoms with E-state index in [4.69, 9.17) is 0 Å². The quantitative estimate of drug-likeness (QED) is 0.872. The summed E-state index contributed by atoms with van der Waals surface area (Å²) in [5.41, 5.74) is 3.32. The molecule has 1 aromatic heterocycles. The van der Waals surface area contributed by atoms with Crippen LogP contribution < -0.4 is 5.32 Å².